The van der Waals surface area contributed by atoms with Gasteiger partial charge in [-0.1, -0.05) is 13.8 Å². The Balaban J connectivity index is 3.62. The Morgan fingerprint density at radius 2 is 2.00 bits per heavy atom. The fourth-order valence-electron chi connectivity index (χ4n) is 1.92. The number of nitrogens with one attached hydrogen (secondary N) is 1. The van der Waals surface area contributed by atoms with Crippen LogP contribution in [0.3, 0.4) is 0 Å². The fraction of sp³-hybridized carbons (Fsp3) is 1.00. The maximum absolute atomic E-state index is 5.16. The molecule has 0 aliphatic rings. The SMILES string of the molecule is CCNC(CC)CCCN(C)C(C)COC. The fourth-order valence-corrected chi connectivity index (χ4v) is 1.92. The van der Waals surface area contributed by atoms with E-state index in [9.17, 15) is 0 Å². The quantitative estimate of drug-likeness (QED) is 0.622. The first-order valence-electron chi connectivity index (χ1n) is 6.58. The number of ether oxygens (including phenoxy) is 1. The van der Waals surface area contributed by atoms with E-state index in [1.807, 2.05) is 0 Å². The Labute approximate surface area is 102 Å². The highest BCUT2D eigenvalue weighted by molar-refractivity contribution is 4.67. The first-order chi connectivity index (χ1) is 7.65. The predicted octanol–water partition coefficient (Wildman–Crippen LogP) is 2.12. The third-order valence-corrected chi connectivity index (χ3v) is 3.21. The van der Waals surface area contributed by atoms with E-state index in [-0.39, 0.29) is 0 Å². The molecule has 0 heterocycles. The maximum Gasteiger partial charge on any atom is 0.0615 e. The molecule has 3 nitrogen and oxygen atoms in total. The largest absolute Gasteiger partial charge is 0.383 e. The van der Waals surface area contributed by atoms with E-state index < -0.39 is 0 Å². The third-order valence-electron chi connectivity index (χ3n) is 3.21. The van der Waals surface area contributed by atoms with Crippen molar-refractivity contribution in [1.82, 2.24) is 10.2 Å². The van der Waals surface area contributed by atoms with Crippen molar-refractivity contribution >= 4 is 0 Å². The normalized spacial score (nSPS) is 15.4. The zero-order valence-electron chi connectivity index (χ0n) is 11.8. The minimum absolute atomic E-state index is 0.518. The Hall–Kier alpha value is -0.120. The molecule has 0 radical (unpaired) electrons. The number of hydrogen-bond donors (Lipinski definition) is 1. The minimum atomic E-state index is 0.518. The molecule has 0 aromatic carbocycles. The molecule has 0 aliphatic carbocycles. The van der Waals surface area contributed by atoms with Crippen LogP contribution in [0, 0.1) is 0 Å². The molecule has 1 N–H and O–H groups in total. The highest BCUT2D eigenvalue weighted by Crippen LogP contribution is 2.04. The number of methoxy groups -OCH3 is 1. The monoisotopic (exact) mass is 230 g/mol. The van der Waals surface area contributed by atoms with E-state index in [0.717, 1.165) is 19.7 Å². The molecule has 0 fully saturated rings. The molecule has 16 heavy (non-hydrogen) atoms. The lowest BCUT2D eigenvalue weighted by molar-refractivity contribution is 0.114. The van der Waals surface area contributed by atoms with Crippen LogP contribution in [-0.4, -0.2) is 50.8 Å². The van der Waals surface area contributed by atoms with Crippen LogP contribution in [0.15, 0.2) is 0 Å². The summed E-state index contributed by atoms with van der Waals surface area (Å²) >= 11 is 0. The van der Waals surface area contributed by atoms with Gasteiger partial charge in [0.15, 0.2) is 0 Å². The van der Waals surface area contributed by atoms with Gasteiger partial charge in [-0.15, -0.1) is 0 Å². The van der Waals surface area contributed by atoms with Crippen molar-refractivity contribution in [1.29, 1.82) is 0 Å². The van der Waals surface area contributed by atoms with Gasteiger partial charge >= 0.3 is 0 Å². The summed E-state index contributed by atoms with van der Waals surface area (Å²) in [6.45, 7) is 9.70. The van der Waals surface area contributed by atoms with Crippen LogP contribution in [0.2, 0.25) is 0 Å². The molecule has 0 saturated heterocycles. The topological polar surface area (TPSA) is 24.5 Å². The molecule has 0 aliphatic heterocycles. The van der Waals surface area contributed by atoms with E-state index in [0.29, 0.717) is 12.1 Å². The molecule has 2 unspecified atom stereocenters. The summed E-state index contributed by atoms with van der Waals surface area (Å²) in [5, 5.41) is 3.52. The van der Waals surface area contributed by atoms with Crippen molar-refractivity contribution in [3.05, 3.63) is 0 Å². The molecular formula is C13H30N2O. The van der Waals surface area contributed by atoms with Crippen LogP contribution in [0.4, 0.5) is 0 Å². The summed E-state index contributed by atoms with van der Waals surface area (Å²) in [5.41, 5.74) is 0. The van der Waals surface area contributed by atoms with Gasteiger partial charge in [0, 0.05) is 19.2 Å². The average molecular weight is 230 g/mol. The van der Waals surface area contributed by atoms with E-state index in [4.69, 9.17) is 4.74 Å². The van der Waals surface area contributed by atoms with Crippen LogP contribution in [-0.2, 0) is 4.74 Å². The van der Waals surface area contributed by atoms with Crippen LogP contribution in [0.5, 0.6) is 0 Å². The molecule has 3 heteroatoms. The van der Waals surface area contributed by atoms with Gasteiger partial charge in [0.1, 0.15) is 0 Å². The highest BCUT2D eigenvalue weighted by Gasteiger charge is 2.09. The van der Waals surface area contributed by atoms with Crippen molar-refractivity contribution in [2.24, 2.45) is 0 Å². The molecular weight excluding hydrogens is 200 g/mol. The van der Waals surface area contributed by atoms with Gasteiger partial charge in [0.2, 0.25) is 0 Å². The zero-order valence-corrected chi connectivity index (χ0v) is 11.8. The van der Waals surface area contributed by atoms with Crippen molar-refractivity contribution in [3.8, 4) is 0 Å². The van der Waals surface area contributed by atoms with Crippen LogP contribution < -0.4 is 5.32 Å². The smallest absolute Gasteiger partial charge is 0.0615 e. The van der Waals surface area contributed by atoms with Gasteiger partial charge in [0.25, 0.3) is 0 Å². The predicted molar refractivity (Wildman–Crippen MR) is 71.0 cm³/mol. The molecule has 0 amide bonds. The van der Waals surface area contributed by atoms with Crippen molar-refractivity contribution in [2.45, 2.75) is 52.1 Å². The molecule has 0 saturated carbocycles. The van der Waals surface area contributed by atoms with Gasteiger partial charge in [0.05, 0.1) is 6.61 Å². The number of likely N-dealkylation sites (N-methyl/N-ethyl adjacent to an activating group) is 1. The molecule has 0 bridgehead atoms. The summed E-state index contributed by atoms with van der Waals surface area (Å²) < 4.78 is 5.16. The van der Waals surface area contributed by atoms with Gasteiger partial charge in [-0.3, -0.25) is 0 Å². The standard InChI is InChI=1S/C13H30N2O/c1-6-13(14-7-2)9-8-10-15(4)12(3)11-16-5/h12-14H,6-11H2,1-5H3. The lowest BCUT2D eigenvalue weighted by atomic mass is 10.1. The molecule has 0 rings (SSSR count). The number of hydrogen-bond acceptors (Lipinski definition) is 3. The lowest BCUT2D eigenvalue weighted by Gasteiger charge is -2.25. The summed E-state index contributed by atoms with van der Waals surface area (Å²) in [4.78, 5) is 2.38. The van der Waals surface area contributed by atoms with Crippen LogP contribution in [0.1, 0.15) is 40.0 Å². The molecule has 98 valence electrons. The second-order valence-corrected chi connectivity index (χ2v) is 4.59. The van der Waals surface area contributed by atoms with E-state index >= 15 is 0 Å². The third kappa shape index (κ3) is 7.20. The Kier molecular flexibility index (Phi) is 9.99. The minimum Gasteiger partial charge on any atom is -0.383 e. The van der Waals surface area contributed by atoms with E-state index in [1.54, 1.807) is 7.11 Å². The Morgan fingerprint density at radius 1 is 1.31 bits per heavy atom. The zero-order chi connectivity index (χ0) is 12.4. The van der Waals surface area contributed by atoms with Crippen LogP contribution >= 0.6 is 0 Å². The first kappa shape index (κ1) is 15.9. The van der Waals surface area contributed by atoms with Gasteiger partial charge < -0.3 is 15.0 Å². The van der Waals surface area contributed by atoms with Crippen molar-refractivity contribution in [3.63, 3.8) is 0 Å². The lowest BCUT2D eigenvalue weighted by Crippen LogP contribution is -2.35. The summed E-state index contributed by atoms with van der Waals surface area (Å²) in [7, 11) is 3.94. The second kappa shape index (κ2) is 10.1. The Morgan fingerprint density at radius 3 is 2.50 bits per heavy atom. The highest BCUT2D eigenvalue weighted by atomic mass is 16.5. The molecule has 0 aromatic heterocycles. The van der Waals surface area contributed by atoms with E-state index in [2.05, 4.69) is 38.0 Å². The number of nitrogens with zero attached hydrogens (tertiary/aromatic N) is 1. The Bertz CT molecular complexity index is 153. The second-order valence-electron chi connectivity index (χ2n) is 4.59. The van der Waals surface area contributed by atoms with E-state index in [1.165, 1.54) is 19.3 Å². The summed E-state index contributed by atoms with van der Waals surface area (Å²) in [5.74, 6) is 0. The molecule has 0 aromatic rings. The summed E-state index contributed by atoms with van der Waals surface area (Å²) in [6, 6.07) is 1.21. The van der Waals surface area contributed by atoms with Crippen molar-refractivity contribution in [2.75, 3.05) is 33.9 Å². The van der Waals surface area contributed by atoms with Gasteiger partial charge in [-0.05, 0) is 46.3 Å². The average Bonchev–Trinajstić information content (AvgIpc) is 2.28. The first-order valence-corrected chi connectivity index (χ1v) is 6.58. The van der Waals surface area contributed by atoms with Crippen molar-refractivity contribution < 1.29 is 4.74 Å². The summed E-state index contributed by atoms with van der Waals surface area (Å²) in [6.07, 6.45) is 3.76. The van der Waals surface area contributed by atoms with Gasteiger partial charge in [-0.2, -0.15) is 0 Å². The molecule has 0 spiro atoms. The maximum atomic E-state index is 5.16. The van der Waals surface area contributed by atoms with Crippen LogP contribution in [0.25, 0.3) is 0 Å². The number of rotatable bonds is 10. The molecule has 2 atom stereocenters. The van der Waals surface area contributed by atoms with Gasteiger partial charge in [-0.25, -0.2) is 0 Å².